The molecule has 0 saturated carbocycles. The van der Waals surface area contributed by atoms with Crippen LogP contribution in [-0.2, 0) is 4.74 Å². The summed E-state index contributed by atoms with van der Waals surface area (Å²) in [5.74, 6) is -1.33. The SMILES string of the molecule is CCC1(C)CC(O)(OC)C(C)C(C)(CC)N1O. The Hall–Kier alpha value is -0.160. The van der Waals surface area contributed by atoms with Crippen molar-refractivity contribution in [3.05, 3.63) is 0 Å². The van der Waals surface area contributed by atoms with Crippen molar-refractivity contribution in [1.82, 2.24) is 5.06 Å². The number of hydrogen-bond acceptors (Lipinski definition) is 4. The van der Waals surface area contributed by atoms with Crippen LogP contribution in [-0.4, -0.2) is 39.4 Å². The van der Waals surface area contributed by atoms with E-state index in [-0.39, 0.29) is 5.92 Å². The topological polar surface area (TPSA) is 52.9 Å². The third kappa shape index (κ3) is 2.01. The minimum atomic E-state index is -1.17. The lowest BCUT2D eigenvalue weighted by Crippen LogP contribution is -2.71. The highest BCUT2D eigenvalue weighted by atomic mass is 16.6. The molecule has 1 aliphatic rings. The molecule has 0 aromatic carbocycles. The van der Waals surface area contributed by atoms with Gasteiger partial charge in [0, 0.05) is 25.0 Å². The van der Waals surface area contributed by atoms with Crippen molar-refractivity contribution in [2.45, 2.75) is 70.7 Å². The standard InChI is InChI=1S/C13H27NO3/c1-7-11(4)9-13(15,17-6)10(3)12(5,8-2)14(11)16/h10,15-16H,7-9H2,1-6H3. The normalized spacial score (nSPS) is 48.4. The van der Waals surface area contributed by atoms with E-state index in [0.29, 0.717) is 6.42 Å². The molecule has 1 fully saturated rings. The van der Waals surface area contributed by atoms with Crippen LogP contribution in [0.3, 0.4) is 0 Å². The quantitative estimate of drug-likeness (QED) is 0.750. The molecular weight excluding hydrogens is 218 g/mol. The van der Waals surface area contributed by atoms with Gasteiger partial charge < -0.3 is 15.1 Å². The lowest BCUT2D eigenvalue weighted by molar-refractivity contribution is -0.358. The zero-order valence-corrected chi connectivity index (χ0v) is 11.9. The molecule has 0 radical (unpaired) electrons. The Morgan fingerprint density at radius 2 is 1.82 bits per heavy atom. The van der Waals surface area contributed by atoms with E-state index in [0.717, 1.165) is 12.8 Å². The van der Waals surface area contributed by atoms with E-state index in [1.54, 1.807) is 0 Å². The smallest absolute Gasteiger partial charge is 0.171 e. The fraction of sp³-hybridized carbons (Fsp3) is 1.00. The van der Waals surface area contributed by atoms with Gasteiger partial charge >= 0.3 is 0 Å². The highest BCUT2D eigenvalue weighted by Crippen LogP contribution is 2.49. The second-order valence-corrected chi connectivity index (χ2v) is 5.82. The van der Waals surface area contributed by atoms with Crippen LogP contribution in [0.1, 0.15) is 53.9 Å². The molecular formula is C13H27NO3. The predicted molar refractivity (Wildman–Crippen MR) is 66.8 cm³/mol. The molecule has 1 saturated heterocycles. The van der Waals surface area contributed by atoms with Crippen LogP contribution in [0.4, 0.5) is 0 Å². The molecule has 102 valence electrons. The molecule has 0 aromatic rings. The largest absolute Gasteiger partial charge is 0.365 e. The molecule has 17 heavy (non-hydrogen) atoms. The van der Waals surface area contributed by atoms with Crippen LogP contribution in [0.15, 0.2) is 0 Å². The van der Waals surface area contributed by atoms with Crippen LogP contribution in [0.25, 0.3) is 0 Å². The van der Waals surface area contributed by atoms with Crippen molar-refractivity contribution in [2.75, 3.05) is 7.11 Å². The maximum atomic E-state index is 10.6. The molecule has 0 bridgehead atoms. The molecule has 4 nitrogen and oxygen atoms in total. The average Bonchev–Trinajstić information content (AvgIpc) is 2.34. The summed E-state index contributed by atoms with van der Waals surface area (Å²) in [6, 6.07) is 0. The second kappa shape index (κ2) is 4.50. The molecule has 1 aliphatic heterocycles. The number of hydroxylamine groups is 2. The maximum Gasteiger partial charge on any atom is 0.171 e. The van der Waals surface area contributed by atoms with Gasteiger partial charge in [-0.2, -0.15) is 5.06 Å². The zero-order valence-electron chi connectivity index (χ0n) is 11.9. The van der Waals surface area contributed by atoms with E-state index in [1.165, 1.54) is 12.2 Å². The summed E-state index contributed by atoms with van der Waals surface area (Å²) in [6.07, 6.45) is 1.93. The Balaban J connectivity index is 3.23. The monoisotopic (exact) mass is 245 g/mol. The van der Waals surface area contributed by atoms with Gasteiger partial charge in [0.2, 0.25) is 0 Å². The Kier molecular flexibility index (Phi) is 3.94. The van der Waals surface area contributed by atoms with Crippen molar-refractivity contribution < 1.29 is 15.1 Å². The Bertz CT molecular complexity index is 262. The number of piperidine rings is 1. The van der Waals surface area contributed by atoms with Crippen molar-refractivity contribution in [1.29, 1.82) is 0 Å². The summed E-state index contributed by atoms with van der Waals surface area (Å²) in [4.78, 5) is 0. The number of nitrogens with zero attached hydrogens (tertiary/aromatic N) is 1. The minimum Gasteiger partial charge on any atom is -0.365 e. The zero-order chi connectivity index (χ0) is 13.5. The van der Waals surface area contributed by atoms with E-state index in [2.05, 4.69) is 0 Å². The first kappa shape index (κ1) is 14.9. The minimum absolute atomic E-state index is 0.158. The van der Waals surface area contributed by atoms with Gasteiger partial charge in [0.25, 0.3) is 0 Å². The van der Waals surface area contributed by atoms with Crippen LogP contribution >= 0.6 is 0 Å². The molecule has 0 aromatic heterocycles. The van der Waals surface area contributed by atoms with Gasteiger partial charge in [-0.05, 0) is 26.7 Å². The van der Waals surface area contributed by atoms with Gasteiger partial charge in [-0.3, -0.25) is 0 Å². The van der Waals surface area contributed by atoms with E-state index < -0.39 is 16.9 Å². The van der Waals surface area contributed by atoms with Crippen molar-refractivity contribution in [3.63, 3.8) is 0 Å². The molecule has 1 rings (SSSR count). The Morgan fingerprint density at radius 1 is 1.29 bits per heavy atom. The van der Waals surface area contributed by atoms with Crippen LogP contribution in [0.5, 0.6) is 0 Å². The van der Waals surface area contributed by atoms with Crippen molar-refractivity contribution in [3.8, 4) is 0 Å². The highest BCUT2D eigenvalue weighted by molar-refractivity contribution is 5.06. The summed E-state index contributed by atoms with van der Waals surface area (Å²) in [7, 11) is 1.54. The van der Waals surface area contributed by atoms with E-state index in [4.69, 9.17) is 4.74 Å². The van der Waals surface area contributed by atoms with E-state index >= 15 is 0 Å². The summed E-state index contributed by atoms with van der Waals surface area (Å²) >= 11 is 0. The summed E-state index contributed by atoms with van der Waals surface area (Å²) in [5.41, 5.74) is -0.935. The molecule has 4 atom stereocenters. The predicted octanol–water partition coefficient (Wildman–Crippen LogP) is 2.39. The number of methoxy groups -OCH3 is 1. The molecule has 0 amide bonds. The van der Waals surface area contributed by atoms with Gasteiger partial charge in [-0.1, -0.05) is 20.8 Å². The highest BCUT2D eigenvalue weighted by Gasteiger charge is 2.59. The van der Waals surface area contributed by atoms with Crippen LogP contribution < -0.4 is 0 Å². The summed E-state index contributed by atoms with van der Waals surface area (Å²) < 4.78 is 5.35. The first-order valence-corrected chi connectivity index (χ1v) is 6.47. The third-order valence-corrected chi connectivity index (χ3v) is 5.07. The molecule has 4 heteroatoms. The first-order chi connectivity index (χ1) is 7.70. The van der Waals surface area contributed by atoms with Gasteiger partial charge in [-0.15, -0.1) is 0 Å². The van der Waals surface area contributed by atoms with Gasteiger partial charge in [0.15, 0.2) is 5.79 Å². The molecule has 0 spiro atoms. The lowest BCUT2D eigenvalue weighted by atomic mass is 9.67. The maximum absolute atomic E-state index is 10.6. The molecule has 2 N–H and O–H groups in total. The molecule has 1 heterocycles. The lowest BCUT2D eigenvalue weighted by Gasteiger charge is -2.59. The second-order valence-electron chi connectivity index (χ2n) is 5.82. The Labute approximate surface area is 105 Å². The molecule has 4 unspecified atom stereocenters. The van der Waals surface area contributed by atoms with E-state index in [1.807, 2.05) is 34.6 Å². The number of aliphatic hydroxyl groups is 1. The summed E-state index contributed by atoms with van der Waals surface area (Å²) in [5, 5.41) is 22.6. The average molecular weight is 245 g/mol. The van der Waals surface area contributed by atoms with Gasteiger partial charge in [0.05, 0.1) is 5.54 Å². The van der Waals surface area contributed by atoms with Crippen LogP contribution in [0, 0.1) is 5.92 Å². The molecule has 0 aliphatic carbocycles. The summed E-state index contributed by atoms with van der Waals surface area (Å²) in [6.45, 7) is 9.93. The van der Waals surface area contributed by atoms with Crippen molar-refractivity contribution >= 4 is 0 Å². The number of ether oxygens (including phenoxy) is 1. The fourth-order valence-corrected chi connectivity index (χ4v) is 3.04. The number of hydrogen-bond donors (Lipinski definition) is 2. The third-order valence-electron chi connectivity index (χ3n) is 5.07. The first-order valence-electron chi connectivity index (χ1n) is 6.47. The number of rotatable bonds is 3. The van der Waals surface area contributed by atoms with Gasteiger partial charge in [-0.25, -0.2) is 0 Å². The van der Waals surface area contributed by atoms with Crippen LogP contribution in [0.2, 0.25) is 0 Å². The fourth-order valence-electron chi connectivity index (χ4n) is 3.04. The van der Waals surface area contributed by atoms with Crippen molar-refractivity contribution in [2.24, 2.45) is 5.92 Å². The van der Waals surface area contributed by atoms with E-state index in [9.17, 15) is 10.3 Å². The Morgan fingerprint density at radius 3 is 2.18 bits per heavy atom. The van der Waals surface area contributed by atoms with Gasteiger partial charge in [0.1, 0.15) is 0 Å².